The van der Waals surface area contributed by atoms with E-state index in [1.54, 1.807) is 0 Å². The fourth-order valence-electron chi connectivity index (χ4n) is 8.05. The fourth-order valence-corrected chi connectivity index (χ4v) is 8.05. The molecule has 1 rings (SSSR count). The van der Waals surface area contributed by atoms with Crippen LogP contribution >= 0.6 is 0 Å². The standard InChI is InChI=1S/C65H102O12/c1-4-7-10-13-16-19-22-25-27-28-29-30-32-34-36-39-42-45-48-51-57(66)73-54-56(75-58(67)52-49-46-43-40-37-33-24-21-18-15-12-9-6-3)55-74-65-63(61(70)60(69)62(77-65)64(71)72)76-59(68)53-50-47-44-41-38-35-31-26-23-20-17-14-11-8-5-2/h7,9-10,12,16-21,25-27,29-31,33,37,43,46,56,60-63,65,69-70H,4-6,8,11,13-15,22-24,28,32,34-36,38-42,44-45,47-55H2,1-3H3,(H,71,72)/b10-7-,12-9-,19-16-,20-17-,21-18-,27-25-,30-29-,31-26-,37-33-,46-43-. The molecule has 1 heterocycles. The highest BCUT2D eigenvalue weighted by molar-refractivity contribution is 5.74. The predicted molar refractivity (Wildman–Crippen MR) is 312 cm³/mol. The summed E-state index contributed by atoms with van der Waals surface area (Å²) >= 11 is 0. The summed E-state index contributed by atoms with van der Waals surface area (Å²) in [5.74, 6) is -3.28. The molecule has 0 radical (unpaired) electrons. The number of carbonyl (C=O) groups is 4. The van der Waals surface area contributed by atoms with Gasteiger partial charge in [-0.05, 0) is 116 Å². The zero-order valence-corrected chi connectivity index (χ0v) is 47.7. The molecule has 0 aromatic heterocycles. The summed E-state index contributed by atoms with van der Waals surface area (Å²) in [6, 6.07) is 0. The number of aliphatic carboxylic acids is 1. The summed E-state index contributed by atoms with van der Waals surface area (Å²) in [5.41, 5.74) is 0. The van der Waals surface area contributed by atoms with Crippen LogP contribution in [0, 0.1) is 0 Å². The van der Waals surface area contributed by atoms with Gasteiger partial charge in [-0.3, -0.25) is 14.4 Å². The van der Waals surface area contributed by atoms with Crippen LogP contribution < -0.4 is 0 Å². The van der Waals surface area contributed by atoms with Crippen LogP contribution in [0.5, 0.6) is 0 Å². The van der Waals surface area contributed by atoms with Crippen molar-refractivity contribution in [1.82, 2.24) is 0 Å². The molecular weight excluding hydrogens is 973 g/mol. The molecule has 0 aromatic carbocycles. The smallest absolute Gasteiger partial charge is 0.335 e. The number of aliphatic hydroxyl groups is 2. The van der Waals surface area contributed by atoms with Gasteiger partial charge in [-0.15, -0.1) is 0 Å². The molecule has 434 valence electrons. The second-order valence-electron chi connectivity index (χ2n) is 19.5. The Morgan fingerprint density at radius 3 is 1.30 bits per heavy atom. The average Bonchev–Trinajstić information content (AvgIpc) is 3.42. The summed E-state index contributed by atoms with van der Waals surface area (Å²) in [6.07, 6.45) is 59.0. The van der Waals surface area contributed by atoms with E-state index in [0.717, 1.165) is 128 Å². The van der Waals surface area contributed by atoms with Gasteiger partial charge in [-0.1, -0.05) is 200 Å². The lowest BCUT2D eigenvalue weighted by Crippen LogP contribution is -2.61. The maximum absolute atomic E-state index is 13.1. The number of hydrogen-bond donors (Lipinski definition) is 3. The highest BCUT2D eigenvalue weighted by Gasteiger charge is 2.50. The Hall–Kier alpha value is -4.88. The first kappa shape index (κ1) is 70.1. The number of hydrogen-bond acceptors (Lipinski definition) is 11. The van der Waals surface area contributed by atoms with Crippen LogP contribution in [0.25, 0.3) is 0 Å². The van der Waals surface area contributed by atoms with Crippen molar-refractivity contribution in [3.8, 4) is 0 Å². The molecule has 6 atom stereocenters. The van der Waals surface area contributed by atoms with Gasteiger partial charge in [0.25, 0.3) is 0 Å². The first-order chi connectivity index (χ1) is 37.6. The van der Waals surface area contributed by atoms with Gasteiger partial charge < -0.3 is 39.0 Å². The molecule has 0 aliphatic carbocycles. The van der Waals surface area contributed by atoms with Gasteiger partial charge in [0.2, 0.25) is 0 Å². The Bertz CT molecular complexity index is 1800. The van der Waals surface area contributed by atoms with E-state index in [2.05, 4.69) is 130 Å². The number of ether oxygens (including phenoxy) is 5. The van der Waals surface area contributed by atoms with E-state index >= 15 is 0 Å². The van der Waals surface area contributed by atoms with Gasteiger partial charge in [-0.2, -0.15) is 0 Å². The SMILES string of the molecule is CC/C=C\C/C=C\C/C=C\C/C=C\CCCCCCCCC(=O)OCC(COC1OC(C(=O)O)C(O)C(O)C1OC(=O)CCCCCCC/C=C\C/C=C\CCCCC)OC(=O)CC/C=C\C/C=C\C/C=C\C/C=C\CC. The van der Waals surface area contributed by atoms with Crippen molar-refractivity contribution in [3.63, 3.8) is 0 Å². The molecule has 12 nitrogen and oxygen atoms in total. The molecule has 6 unspecified atom stereocenters. The van der Waals surface area contributed by atoms with Crippen molar-refractivity contribution in [1.29, 1.82) is 0 Å². The quantitative estimate of drug-likeness (QED) is 0.0228. The number of rotatable bonds is 48. The van der Waals surface area contributed by atoms with Crippen molar-refractivity contribution < 1.29 is 58.2 Å². The third-order valence-electron chi connectivity index (χ3n) is 12.5. The third-order valence-corrected chi connectivity index (χ3v) is 12.5. The molecule has 1 aliphatic rings. The van der Waals surface area contributed by atoms with E-state index in [4.69, 9.17) is 23.7 Å². The third kappa shape index (κ3) is 41.8. The molecule has 0 spiro atoms. The Morgan fingerprint density at radius 1 is 0.442 bits per heavy atom. The molecular formula is C65H102O12. The predicted octanol–water partition coefficient (Wildman–Crippen LogP) is 15.2. The summed E-state index contributed by atoms with van der Waals surface area (Å²) in [6.45, 7) is 5.64. The largest absolute Gasteiger partial charge is 0.479 e. The monoisotopic (exact) mass is 1070 g/mol. The van der Waals surface area contributed by atoms with E-state index < -0.39 is 67.3 Å². The van der Waals surface area contributed by atoms with E-state index in [0.29, 0.717) is 25.7 Å². The van der Waals surface area contributed by atoms with E-state index in [-0.39, 0.29) is 25.9 Å². The number of aliphatic hydroxyl groups excluding tert-OH is 2. The Balaban J connectivity index is 2.73. The van der Waals surface area contributed by atoms with Crippen LogP contribution in [0.4, 0.5) is 0 Å². The minimum atomic E-state index is -1.93. The average molecular weight is 1080 g/mol. The maximum Gasteiger partial charge on any atom is 0.335 e. The zero-order valence-electron chi connectivity index (χ0n) is 47.7. The van der Waals surface area contributed by atoms with Gasteiger partial charge in [-0.25, -0.2) is 4.79 Å². The summed E-state index contributed by atoms with van der Waals surface area (Å²) < 4.78 is 28.3. The number of carboxylic acid groups (broad SMARTS) is 1. The number of carboxylic acids is 1. The first-order valence-corrected chi connectivity index (χ1v) is 29.5. The van der Waals surface area contributed by atoms with Crippen molar-refractivity contribution in [2.75, 3.05) is 13.2 Å². The van der Waals surface area contributed by atoms with E-state index in [9.17, 15) is 34.5 Å². The van der Waals surface area contributed by atoms with Crippen LogP contribution in [0.15, 0.2) is 122 Å². The van der Waals surface area contributed by atoms with Gasteiger partial charge in [0.05, 0.1) is 6.61 Å². The lowest BCUT2D eigenvalue weighted by atomic mass is 9.98. The molecule has 0 amide bonds. The lowest BCUT2D eigenvalue weighted by molar-refractivity contribution is -0.301. The van der Waals surface area contributed by atoms with Crippen molar-refractivity contribution in [3.05, 3.63) is 122 Å². The van der Waals surface area contributed by atoms with Gasteiger partial charge in [0.1, 0.15) is 18.8 Å². The number of allylic oxidation sites excluding steroid dienone is 20. The van der Waals surface area contributed by atoms with Crippen LogP contribution in [0.1, 0.15) is 213 Å². The summed E-state index contributed by atoms with van der Waals surface area (Å²) in [7, 11) is 0. The molecule has 0 saturated carbocycles. The number of carbonyl (C=O) groups excluding carboxylic acids is 3. The summed E-state index contributed by atoms with van der Waals surface area (Å²) in [5, 5.41) is 31.5. The molecule has 3 N–H and O–H groups in total. The topological polar surface area (TPSA) is 175 Å². The molecule has 0 bridgehead atoms. The van der Waals surface area contributed by atoms with Gasteiger partial charge in [0, 0.05) is 19.3 Å². The van der Waals surface area contributed by atoms with Crippen molar-refractivity contribution in [2.24, 2.45) is 0 Å². The second-order valence-corrected chi connectivity index (χ2v) is 19.5. The molecule has 12 heteroatoms. The highest BCUT2D eigenvalue weighted by Crippen LogP contribution is 2.26. The number of unbranched alkanes of at least 4 members (excludes halogenated alkanes) is 14. The van der Waals surface area contributed by atoms with Crippen molar-refractivity contribution >= 4 is 23.9 Å². The molecule has 1 aliphatic heterocycles. The minimum absolute atomic E-state index is 0.0288. The van der Waals surface area contributed by atoms with Crippen LogP contribution in [-0.2, 0) is 42.9 Å². The first-order valence-electron chi connectivity index (χ1n) is 29.5. The van der Waals surface area contributed by atoms with Crippen molar-refractivity contribution in [2.45, 2.75) is 250 Å². The van der Waals surface area contributed by atoms with Gasteiger partial charge >= 0.3 is 23.9 Å². The Kier molecular flexibility index (Phi) is 47.2. The fraction of sp³-hybridized carbons (Fsp3) is 0.631. The molecule has 77 heavy (non-hydrogen) atoms. The highest BCUT2D eigenvalue weighted by atomic mass is 16.7. The molecule has 1 saturated heterocycles. The normalized spacial score (nSPS) is 18.9. The van der Waals surface area contributed by atoms with Crippen LogP contribution in [0.2, 0.25) is 0 Å². The van der Waals surface area contributed by atoms with E-state index in [1.807, 2.05) is 12.2 Å². The van der Waals surface area contributed by atoms with Crippen LogP contribution in [-0.4, -0.2) is 89.2 Å². The maximum atomic E-state index is 13.1. The Morgan fingerprint density at radius 2 is 0.844 bits per heavy atom. The van der Waals surface area contributed by atoms with Crippen LogP contribution in [0.3, 0.4) is 0 Å². The van der Waals surface area contributed by atoms with Gasteiger partial charge in [0.15, 0.2) is 24.6 Å². The molecule has 0 aromatic rings. The minimum Gasteiger partial charge on any atom is -0.479 e. The second kappa shape index (κ2) is 51.9. The summed E-state index contributed by atoms with van der Waals surface area (Å²) in [4.78, 5) is 51.1. The lowest BCUT2D eigenvalue weighted by Gasteiger charge is -2.40. The Labute approximate surface area is 465 Å². The molecule has 1 fully saturated rings. The zero-order chi connectivity index (χ0) is 56.1. The van der Waals surface area contributed by atoms with E-state index in [1.165, 1.54) is 19.3 Å². The number of esters is 3.